The van der Waals surface area contributed by atoms with Crippen LogP contribution in [0.15, 0.2) is 18.2 Å². The van der Waals surface area contributed by atoms with Gasteiger partial charge in [0.05, 0.1) is 23.3 Å². The van der Waals surface area contributed by atoms with Crippen LogP contribution in [0.2, 0.25) is 0 Å². The highest BCUT2D eigenvalue weighted by Gasteiger charge is 2.11. The molecule has 0 heterocycles. The number of carbonyl (C=O) groups is 2. The smallest absolute Gasteiger partial charge is 0.330 e. The van der Waals surface area contributed by atoms with E-state index in [1.807, 2.05) is 19.9 Å². The first kappa shape index (κ1) is 19.1. The summed E-state index contributed by atoms with van der Waals surface area (Å²) in [6.45, 7) is 5.21. The van der Waals surface area contributed by atoms with Gasteiger partial charge in [-0.05, 0) is 32.0 Å². The Morgan fingerprint density at radius 1 is 1.33 bits per heavy atom. The van der Waals surface area contributed by atoms with Crippen LogP contribution in [0.3, 0.4) is 0 Å². The second-order valence-corrected chi connectivity index (χ2v) is 5.31. The van der Waals surface area contributed by atoms with Gasteiger partial charge >= 0.3 is 12.0 Å². The summed E-state index contributed by atoms with van der Waals surface area (Å²) < 4.78 is 5.51. The first-order valence-corrected chi connectivity index (χ1v) is 7.32. The van der Waals surface area contributed by atoms with Crippen molar-refractivity contribution in [2.45, 2.75) is 26.9 Å². The molecule has 0 radical (unpaired) electrons. The highest BCUT2D eigenvalue weighted by atomic mass is 16.5. The van der Waals surface area contributed by atoms with Crippen LogP contribution in [0, 0.1) is 17.2 Å². The van der Waals surface area contributed by atoms with Crippen LogP contribution in [0.1, 0.15) is 26.3 Å². The molecule has 1 aromatic carbocycles. The fourth-order valence-corrected chi connectivity index (χ4v) is 1.59. The highest BCUT2D eigenvalue weighted by molar-refractivity contribution is 5.75. The van der Waals surface area contributed by atoms with Crippen LogP contribution in [0.5, 0.6) is 5.75 Å². The summed E-state index contributed by atoms with van der Waals surface area (Å²) in [5, 5.41) is 20.2. The topological polar surface area (TPSA) is 136 Å². The Morgan fingerprint density at radius 2 is 2.04 bits per heavy atom. The van der Waals surface area contributed by atoms with Crippen LogP contribution >= 0.6 is 0 Å². The molecule has 0 aliphatic rings. The van der Waals surface area contributed by atoms with Crippen molar-refractivity contribution in [1.29, 1.82) is 5.26 Å². The van der Waals surface area contributed by atoms with Gasteiger partial charge < -0.3 is 20.6 Å². The number of nitrogens with zero attached hydrogens (tertiary/aromatic N) is 1. The molecular weight excluding hydrogens is 314 g/mol. The van der Waals surface area contributed by atoms with Gasteiger partial charge in [0.15, 0.2) is 0 Å². The zero-order valence-corrected chi connectivity index (χ0v) is 13.7. The molecule has 0 aliphatic heterocycles. The Bertz CT molecular complexity index is 627. The van der Waals surface area contributed by atoms with Gasteiger partial charge in [-0.25, -0.2) is 4.79 Å². The zero-order valence-electron chi connectivity index (χ0n) is 13.7. The average Bonchev–Trinajstić information content (AvgIpc) is 2.53. The number of urea groups is 1. The fraction of sp³-hybridized carbons (Fsp3) is 0.400. The number of hydrogen-bond acceptors (Lipinski definition) is 6. The number of ether oxygens (including phenoxy) is 1. The van der Waals surface area contributed by atoms with Gasteiger partial charge in [0, 0.05) is 6.54 Å². The predicted molar refractivity (Wildman–Crippen MR) is 87.0 cm³/mol. The van der Waals surface area contributed by atoms with E-state index >= 15 is 0 Å². The first-order valence-electron chi connectivity index (χ1n) is 7.32. The van der Waals surface area contributed by atoms with Crippen LogP contribution < -0.4 is 26.4 Å². The molecule has 130 valence electrons. The quantitative estimate of drug-likeness (QED) is 0.450. The number of nitrogens with one attached hydrogen (secondary N) is 4. The molecule has 1 rings (SSSR count). The van der Waals surface area contributed by atoms with E-state index in [0.29, 0.717) is 17.0 Å². The van der Waals surface area contributed by atoms with Crippen molar-refractivity contribution in [3.05, 3.63) is 23.8 Å². The Morgan fingerprint density at radius 3 is 2.62 bits per heavy atom. The molecule has 2 amide bonds. The Hall–Kier alpha value is -2.99. The minimum absolute atomic E-state index is 0.00264. The van der Waals surface area contributed by atoms with E-state index in [-0.39, 0.29) is 12.6 Å². The molecule has 0 spiro atoms. The molecule has 0 saturated carbocycles. The maximum Gasteiger partial charge on any atom is 0.330 e. The van der Waals surface area contributed by atoms with Gasteiger partial charge in [0.2, 0.25) is 0 Å². The summed E-state index contributed by atoms with van der Waals surface area (Å²) in [5.41, 5.74) is 8.34. The number of carbonyl (C=O) groups excluding carboxylic acids is 1. The predicted octanol–water partition coefficient (Wildman–Crippen LogP) is 1.20. The number of hydrazine groups is 2. The summed E-state index contributed by atoms with van der Waals surface area (Å²) in [6, 6.07) is 6.34. The number of carboxylic acids is 1. The summed E-state index contributed by atoms with van der Waals surface area (Å²) in [6.07, 6.45) is -0.0485. The third-order valence-electron chi connectivity index (χ3n) is 2.84. The van der Waals surface area contributed by atoms with Crippen molar-refractivity contribution in [3.63, 3.8) is 0 Å². The van der Waals surface area contributed by atoms with Crippen molar-refractivity contribution in [1.82, 2.24) is 16.3 Å². The lowest BCUT2D eigenvalue weighted by molar-refractivity contribution is -0.140. The molecule has 9 heteroatoms. The second-order valence-electron chi connectivity index (χ2n) is 5.31. The van der Waals surface area contributed by atoms with Crippen LogP contribution in [-0.2, 0) is 4.79 Å². The van der Waals surface area contributed by atoms with Crippen molar-refractivity contribution in [2.75, 3.05) is 12.0 Å². The molecule has 9 nitrogen and oxygen atoms in total. The molecular formula is C15H21N5O4. The molecule has 0 saturated heterocycles. The monoisotopic (exact) mass is 335 g/mol. The number of nitriles is 1. The number of anilines is 1. The van der Waals surface area contributed by atoms with Crippen molar-refractivity contribution >= 4 is 17.7 Å². The second kappa shape index (κ2) is 9.22. The van der Waals surface area contributed by atoms with Crippen LogP contribution in [0.4, 0.5) is 10.5 Å². The first-order chi connectivity index (χ1) is 11.3. The maximum atomic E-state index is 11.5. The maximum absolute atomic E-state index is 11.5. The number of hydrogen-bond donors (Lipinski definition) is 5. The lowest BCUT2D eigenvalue weighted by Gasteiger charge is -2.14. The molecule has 0 aromatic heterocycles. The SMILES string of the molecule is CC(C)Oc1ccc(NNNC(=O)NC[C@H](C)C(=O)O)cc1C#N. The lowest BCUT2D eigenvalue weighted by atomic mass is 10.2. The van der Waals surface area contributed by atoms with E-state index in [4.69, 9.17) is 15.1 Å². The highest BCUT2D eigenvalue weighted by Crippen LogP contribution is 2.22. The van der Waals surface area contributed by atoms with Gasteiger partial charge in [-0.3, -0.25) is 10.2 Å². The Labute approximate surface area is 139 Å². The Kier molecular flexibility index (Phi) is 7.32. The zero-order chi connectivity index (χ0) is 18.1. The normalized spacial score (nSPS) is 11.3. The summed E-state index contributed by atoms with van der Waals surface area (Å²) in [7, 11) is 0. The number of rotatable bonds is 8. The minimum atomic E-state index is -0.992. The summed E-state index contributed by atoms with van der Waals surface area (Å²) in [4.78, 5) is 22.1. The van der Waals surface area contributed by atoms with Crippen molar-refractivity contribution in [3.8, 4) is 11.8 Å². The largest absolute Gasteiger partial charge is 0.490 e. The van der Waals surface area contributed by atoms with Gasteiger partial charge in [0.1, 0.15) is 11.8 Å². The molecule has 0 unspecified atom stereocenters. The molecule has 0 fully saturated rings. The van der Waals surface area contributed by atoms with E-state index in [9.17, 15) is 9.59 Å². The van der Waals surface area contributed by atoms with Gasteiger partial charge in [0.25, 0.3) is 0 Å². The van der Waals surface area contributed by atoms with Crippen LogP contribution in [0.25, 0.3) is 0 Å². The molecule has 1 atom stereocenters. The number of aliphatic carboxylic acids is 1. The van der Waals surface area contributed by atoms with E-state index in [1.165, 1.54) is 6.92 Å². The molecule has 0 aliphatic carbocycles. The summed E-state index contributed by atoms with van der Waals surface area (Å²) in [5.74, 6) is -1.20. The lowest BCUT2D eigenvalue weighted by Crippen LogP contribution is -2.48. The number of benzene rings is 1. The number of carboxylic acid groups (broad SMARTS) is 1. The van der Waals surface area contributed by atoms with Gasteiger partial charge in [-0.1, -0.05) is 6.92 Å². The van der Waals surface area contributed by atoms with Crippen molar-refractivity contribution < 1.29 is 19.4 Å². The Balaban J connectivity index is 2.46. The number of amides is 2. The molecule has 24 heavy (non-hydrogen) atoms. The van der Waals surface area contributed by atoms with E-state index in [2.05, 4.69) is 21.7 Å². The van der Waals surface area contributed by atoms with Gasteiger partial charge in [-0.15, -0.1) is 5.53 Å². The van der Waals surface area contributed by atoms with Crippen molar-refractivity contribution in [2.24, 2.45) is 5.92 Å². The molecule has 0 bridgehead atoms. The van der Waals surface area contributed by atoms with E-state index in [0.717, 1.165) is 0 Å². The minimum Gasteiger partial charge on any atom is -0.490 e. The molecule has 5 N–H and O–H groups in total. The van der Waals surface area contributed by atoms with E-state index < -0.39 is 17.9 Å². The fourth-order valence-electron chi connectivity index (χ4n) is 1.59. The standard InChI is InChI=1S/C15H21N5O4/c1-9(2)24-13-5-4-12(6-11(13)7-16)18-20-19-15(23)17-8-10(3)14(21)22/h4-6,9-10,18,20H,8H2,1-3H3,(H,21,22)(H2,17,19,23)/t10-/m0/s1. The average molecular weight is 335 g/mol. The third kappa shape index (κ3) is 6.41. The molecule has 1 aromatic rings. The van der Waals surface area contributed by atoms with Gasteiger partial charge in [-0.2, -0.15) is 5.26 Å². The van der Waals surface area contributed by atoms with E-state index in [1.54, 1.807) is 18.2 Å². The summed E-state index contributed by atoms with van der Waals surface area (Å²) >= 11 is 0. The third-order valence-corrected chi connectivity index (χ3v) is 2.84. The van der Waals surface area contributed by atoms with Crippen LogP contribution in [-0.4, -0.2) is 29.8 Å².